The van der Waals surface area contributed by atoms with E-state index in [4.69, 9.17) is 15.3 Å². The van der Waals surface area contributed by atoms with Crippen molar-refractivity contribution in [1.82, 2.24) is 9.71 Å². The summed E-state index contributed by atoms with van der Waals surface area (Å²) in [5.74, 6) is 5.36. The number of hydrogen-bond donors (Lipinski definition) is 3. The van der Waals surface area contributed by atoms with Crippen LogP contribution < -0.4 is 16.0 Å². The minimum absolute atomic E-state index is 0.00679. The Bertz CT molecular complexity index is 557. The van der Waals surface area contributed by atoms with Crippen LogP contribution in [0, 0.1) is 0 Å². The third-order valence-corrected chi connectivity index (χ3v) is 4.71. The molecule has 1 aliphatic rings. The van der Waals surface area contributed by atoms with Gasteiger partial charge in [0, 0.05) is 32.9 Å². The minimum Gasteiger partial charge on any atom is -0.378 e. The maximum absolute atomic E-state index is 12.3. The van der Waals surface area contributed by atoms with E-state index in [1.807, 2.05) is 0 Å². The molecule has 1 saturated heterocycles. The van der Waals surface area contributed by atoms with Crippen LogP contribution in [0.15, 0.2) is 23.2 Å². The normalized spacial score (nSPS) is 22.9. The van der Waals surface area contributed by atoms with Gasteiger partial charge in [-0.3, -0.25) is 0 Å². The second kappa shape index (κ2) is 6.02. The molecule has 0 aromatic carbocycles. The zero-order chi connectivity index (χ0) is 14.6. The third kappa shape index (κ3) is 3.07. The van der Waals surface area contributed by atoms with Crippen LogP contribution >= 0.6 is 0 Å². The van der Waals surface area contributed by atoms with Gasteiger partial charge in [0.15, 0.2) is 5.82 Å². The lowest BCUT2D eigenvalue weighted by molar-refractivity contribution is -0.0120. The van der Waals surface area contributed by atoms with Crippen molar-refractivity contribution in [2.45, 2.75) is 16.9 Å². The zero-order valence-corrected chi connectivity index (χ0v) is 11.9. The van der Waals surface area contributed by atoms with Gasteiger partial charge < -0.3 is 14.9 Å². The number of nitrogens with one attached hydrogen (secondary N) is 2. The first-order valence-electron chi connectivity index (χ1n) is 6.07. The number of nitrogens with two attached hydrogens (primary N) is 1. The average molecular weight is 302 g/mol. The van der Waals surface area contributed by atoms with Gasteiger partial charge >= 0.3 is 0 Å². The molecule has 20 heavy (non-hydrogen) atoms. The fraction of sp³-hybridized carbons (Fsp3) is 0.545. The van der Waals surface area contributed by atoms with Gasteiger partial charge in [0.25, 0.3) is 0 Å². The number of rotatable bonds is 6. The first-order chi connectivity index (χ1) is 9.53. The van der Waals surface area contributed by atoms with Crippen LogP contribution in [0.1, 0.15) is 6.42 Å². The van der Waals surface area contributed by atoms with Gasteiger partial charge in [-0.2, -0.15) is 0 Å². The molecule has 0 amide bonds. The van der Waals surface area contributed by atoms with Crippen LogP contribution in [-0.2, 0) is 19.5 Å². The smallest absolute Gasteiger partial charge is 0.244 e. The van der Waals surface area contributed by atoms with Crippen molar-refractivity contribution >= 4 is 15.8 Å². The maximum atomic E-state index is 12.3. The molecule has 4 N–H and O–H groups in total. The number of methoxy groups -OCH3 is 1. The van der Waals surface area contributed by atoms with E-state index >= 15 is 0 Å². The molecule has 112 valence electrons. The predicted octanol–water partition coefficient (Wildman–Crippen LogP) is -0.549. The molecule has 1 aromatic rings. The number of nitrogens with zero attached hydrogens (tertiary/aromatic N) is 1. The Morgan fingerprint density at radius 3 is 3.00 bits per heavy atom. The van der Waals surface area contributed by atoms with E-state index in [2.05, 4.69) is 15.1 Å². The molecule has 1 fully saturated rings. The van der Waals surface area contributed by atoms with Gasteiger partial charge in [0.2, 0.25) is 10.0 Å². The summed E-state index contributed by atoms with van der Waals surface area (Å²) < 4.78 is 37.7. The number of nitrogen functional groups attached to an aromatic ring is 1. The summed E-state index contributed by atoms with van der Waals surface area (Å²) in [7, 11) is -2.19. The highest BCUT2D eigenvalue weighted by molar-refractivity contribution is 7.89. The molecule has 2 rings (SSSR count). The van der Waals surface area contributed by atoms with Crippen LogP contribution in [0.25, 0.3) is 0 Å². The van der Waals surface area contributed by atoms with Gasteiger partial charge in [0.1, 0.15) is 10.5 Å². The Morgan fingerprint density at radius 2 is 2.40 bits per heavy atom. The second-order valence-corrected chi connectivity index (χ2v) is 6.24. The zero-order valence-electron chi connectivity index (χ0n) is 11.1. The van der Waals surface area contributed by atoms with E-state index in [0.29, 0.717) is 19.6 Å². The molecule has 1 unspecified atom stereocenters. The predicted molar refractivity (Wildman–Crippen MR) is 72.4 cm³/mol. The number of aromatic nitrogens is 1. The van der Waals surface area contributed by atoms with E-state index in [-0.39, 0.29) is 17.3 Å². The topological polar surface area (TPSA) is 116 Å². The summed E-state index contributed by atoms with van der Waals surface area (Å²) in [5, 5.41) is 0. The van der Waals surface area contributed by atoms with Gasteiger partial charge in [0.05, 0.1) is 6.61 Å². The maximum Gasteiger partial charge on any atom is 0.244 e. The lowest BCUT2D eigenvalue weighted by atomic mass is 10.0. The van der Waals surface area contributed by atoms with Gasteiger partial charge in [-0.05, 0) is 12.1 Å². The summed E-state index contributed by atoms with van der Waals surface area (Å²) in [6, 6.07) is 2.95. The van der Waals surface area contributed by atoms with Crippen LogP contribution in [0.5, 0.6) is 0 Å². The van der Waals surface area contributed by atoms with Gasteiger partial charge in [-0.15, -0.1) is 0 Å². The van der Waals surface area contributed by atoms with Gasteiger partial charge in [-0.25, -0.2) is 24.0 Å². The van der Waals surface area contributed by atoms with E-state index in [0.717, 1.165) is 0 Å². The van der Waals surface area contributed by atoms with Crippen molar-refractivity contribution < 1.29 is 17.9 Å². The van der Waals surface area contributed by atoms with Crippen LogP contribution in [-0.4, -0.2) is 45.9 Å². The highest BCUT2D eigenvalue weighted by Crippen LogP contribution is 2.23. The highest BCUT2D eigenvalue weighted by Gasteiger charge is 2.36. The van der Waals surface area contributed by atoms with E-state index in [1.54, 1.807) is 7.11 Å². The Balaban J connectivity index is 2.15. The lowest BCUT2D eigenvalue weighted by Crippen LogP contribution is -2.45. The number of pyridine rings is 1. The summed E-state index contributed by atoms with van der Waals surface area (Å²) in [4.78, 5) is 3.86. The Kier molecular flexibility index (Phi) is 4.55. The SMILES string of the molecule is COC1(CNS(=O)(=O)c2cccnc2NN)CCOC1. The number of hydrazine groups is 1. The molecule has 1 atom stereocenters. The fourth-order valence-electron chi connectivity index (χ4n) is 1.98. The minimum atomic E-state index is -3.73. The monoisotopic (exact) mass is 302 g/mol. The number of hydrogen-bond acceptors (Lipinski definition) is 7. The van der Waals surface area contributed by atoms with Gasteiger partial charge in [-0.1, -0.05) is 0 Å². The Hall–Kier alpha value is -1.26. The summed E-state index contributed by atoms with van der Waals surface area (Å²) in [5.41, 5.74) is 1.65. The highest BCUT2D eigenvalue weighted by atomic mass is 32.2. The summed E-state index contributed by atoms with van der Waals surface area (Å²) >= 11 is 0. The van der Waals surface area contributed by atoms with E-state index < -0.39 is 15.6 Å². The first-order valence-corrected chi connectivity index (χ1v) is 7.55. The van der Waals surface area contributed by atoms with E-state index in [1.165, 1.54) is 18.3 Å². The van der Waals surface area contributed by atoms with Crippen LogP contribution in [0.4, 0.5) is 5.82 Å². The molecule has 9 heteroatoms. The summed E-state index contributed by atoms with van der Waals surface area (Å²) in [6.45, 7) is 1.05. The van der Waals surface area contributed by atoms with Crippen molar-refractivity contribution in [3.05, 3.63) is 18.3 Å². The number of sulfonamides is 1. The quantitative estimate of drug-likeness (QED) is 0.477. The molecule has 2 heterocycles. The Morgan fingerprint density at radius 1 is 1.60 bits per heavy atom. The van der Waals surface area contributed by atoms with Crippen LogP contribution in [0.3, 0.4) is 0 Å². The standard InChI is InChI=1S/C11H18N4O4S/c1-18-11(4-6-19-8-11)7-14-20(16,17)9-3-2-5-13-10(9)15-12/h2-3,5,14H,4,6-8,12H2,1H3,(H,13,15). The van der Waals surface area contributed by atoms with Crippen molar-refractivity contribution in [3.8, 4) is 0 Å². The third-order valence-electron chi connectivity index (χ3n) is 3.28. The van der Waals surface area contributed by atoms with Crippen molar-refractivity contribution in [2.24, 2.45) is 5.84 Å². The van der Waals surface area contributed by atoms with E-state index in [9.17, 15) is 8.42 Å². The van der Waals surface area contributed by atoms with Crippen molar-refractivity contribution in [3.63, 3.8) is 0 Å². The molecule has 0 aliphatic carbocycles. The first kappa shape index (κ1) is 15.1. The Labute approximate surface area is 117 Å². The largest absolute Gasteiger partial charge is 0.378 e. The molecule has 0 radical (unpaired) electrons. The van der Waals surface area contributed by atoms with Crippen molar-refractivity contribution in [2.75, 3.05) is 32.3 Å². The summed E-state index contributed by atoms with van der Waals surface area (Å²) in [6.07, 6.45) is 2.09. The molecule has 0 bridgehead atoms. The lowest BCUT2D eigenvalue weighted by Gasteiger charge is -2.25. The molecular formula is C11H18N4O4S. The number of anilines is 1. The molecule has 0 saturated carbocycles. The average Bonchev–Trinajstić information content (AvgIpc) is 2.95. The fourth-order valence-corrected chi connectivity index (χ4v) is 3.21. The molecule has 0 spiro atoms. The molecule has 1 aliphatic heterocycles. The second-order valence-electron chi connectivity index (χ2n) is 4.51. The molecule has 8 nitrogen and oxygen atoms in total. The van der Waals surface area contributed by atoms with Crippen molar-refractivity contribution in [1.29, 1.82) is 0 Å². The number of ether oxygens (including phenoxy) is 2. The molecular weight excluding hydrogens is 284 g/mol. The van der Waals surface area contributed by atoms with Crippen LogP contribution in [0.2, 0.25) is 0 Å². The molecule has 1 aromatic heterocycles.